The number of halogens is 4. The standard InChI is InChI=1S/C16H19BrClNO4.C9H8BrClO3/c1-5-22-13-8-10(17)7-11(14(13)18)15(20)12(9-19(3)4)16(21)23-6-2;1-2-14-7-4-5(10)3-6(8(7)11)9(12)13/h7-9H,5-6H2,1-4H3;3-4H,2H2,1H3,(H,12,13)/b12-9-;. The minimum atomic E-state index is -1.07. The van der Waals surface area contributed by atoms with Crippen LogP contribution in [-0.4, -0.2) is 61.6 Å². The smallest absolute Gasteiger partial charge is 0.343 e. The van der Waals surface area contributed by atoms with E-state index >= 15 is 0 Å². The molecular formula is C25H27Br2Cl2NO7. The first-order valence-corrected chi connectivity index (χ1v) is 13.3. The average molecular weight is 684 g/mol. The van der Waals surface area contributed by atoms with Gasteiger partial charge in [0, 0.05) is 34.8 Å². The van der Waals surface area contributed by atoms with Crippen LogP contribution in [-0.2, 0) is 9.53 Å². The molecule has 1 N–H and O–H groups in total. The quantitative estimate of drug-likeness (QED) is 0.0950. The van der Waals surface area contributed by atoms with Crippen LogP contribution in [0.15, 0.2) is 45.0 Å². The minimum absolute atomic E-state index is 0.0319. The van der Waals surface area contributed by atoms with E-state index in [0.29, 0.717) is 33.7 Å². The second kappa shape index (κ2) is 15.9. The lowest BCUT2D eigenvalue weighted by Gasteiger charge is -2.13. The minimum Gasteiger partial charge on any atom is -0.492 e. The summed E-state index contributed by atoms with van der Waals surface area (Å²) in [5, 5.41) is 9.11. The summed E-state index contributed by atoms with van der Waals surface area (Å²) in [6.45, 7) is 6.31. The molecule has 0 spiro atoms. The van der Waals surface area contributed by atoms with Gasteiger partial charge in [-0.05, 0) is 45.0 Å². The van der Waals surface area contributed by atoms with Crippen LogP contribution in [0.25, 0.3) is 0 Å². The van der Waals surface area contributed by atoms with Gasteiger partial charge in [0.05, 0.1) is 35.4 Å². The lowest BCUT2D eigenvalue weighted by Crippen LogP contribution is -2.20. The summed E-state index contributed by atoms with van der Waals surface area (Å²) >= 11 is 18.6. The number of esters is 1. The van der Waals surface area contributed by atoms with E-state index in [1.54, 1.807) is 51.0 Å². The molecule has 0 saturated heterocycles. The van der Waals surface area contributed by atoms with Crippen LogP contribution in [0.1, 0.15) is 41.5 Å². The molecule has 2 rings (SSSR count). The Morgan fingerprint density at radius 3 is 1.73 bits per heavy atom. The molecule has 0 amide bonds. The number of carboxylic acids is 1. The number of rotatable bonds is 10. The first-order valence-electron chi connectivity index (χ1n) is 10.9. The van der Waals surface area contributed by atoms with Crippen LogP contribution in [0, 0.1) is 0 Å². The summed E-state index contributed by atoms with van der Waals surface area (Å²) in [4.78, 5) is 37.2. The molecule has 0 heterocycles. The maximum atomic E-state index is 12.8. The van der Waals surface area contributed by atoms with Crippen LogP contribution in [0.2, 0.25) is 10.0 Å². The first kappa shape index (κ1) is 32.8. The van der Waals surface area contributed by atoms with Crippen LogP contribution in [0.3, 0.4) is 0 Å². The second-order valence-electron chi connectivity index (χ2n) is 7.26. The number of carbonyl (C=O) groups excluding carboxylic acids is 2. The zero-order chi connectivity index (χ0) is 28.3. The Morgan fingerprint density at radius 2 is 1.32 bits per heavy atom. The second-order valence-corrected chi connectivity index (χ2v) is 9.85. The topological polar surface area (TPSA) is 102 Å². The van der Waals surface area contributed by atoms with Gasteiger partial charge in [-0.25, -0.2) is 9.59 Å². The van der Waals surface area contributed by atoms with E-state index in [0.717, 1.165) is 0 Å². The van der Waals surface area contributed by atoms with Crippen molar-refractivity contribution in [3.63, 3.8) is 0 Å². The molecule has 0 unspecified atom stereocenters. The number of hydrogen-bond donors (Lipinski definition) is 1. The molecule has 8 nitrogen and oxygen atoms in total. The van der Waals surface area contributed by atoms with Crippen molar-refractivity contribution in [2.45, 2.75) is 20.8 Å². The van der Waals surface area contributed by atoms with Crippen molar-refractivity contribution >= 4 is 72.8 Å². The Hall–Kier alpha value is -2.27. The number of ether oxygens (including phenoxy) is 3. The molecule has 0 bridgehead atoms. The highest BCUT2D eigenvalue weighted by Crippen LogP contribution is 2.34. The summed E-state index contributed by atoms with van der Waals surface area (Å²) in [5.74, 6) is -1.54. The summed E-state index contributed by atoms with van der Waals surface area (Å²) in [7, 11) is 3.42. The maximum absolute atomic E-state index is 12.8. The molecule has 202 valence electrons. The lowest BCUT2D eigenvalue weighted by molar-refractivity contribution is -0.138. The fourth-order valence-corrected chi connectivity index (χ4v) is 4.15. The van der Waals surface area contributed by atoms with Crippen molar-refractivity contribution in [1.29, 1.82) is 0 Å². The molecule has 0 aliphatic heterocycles. The summed E-state index contributed by atoms with van der Waals surface area (Å²) in [6, 6.07) is 6.30. The zero-order valence-electron chi connectivity index (χ0n) is 20.9. The number of nitrogens with zero attached hydrogens (tertiary/aromatic N) is 1. The average Bonchev–Trinajstić information content (AvgIpc) is 2.82. The third kappa shape index (κ3) is 9.85. The number of hydrogen-bond acceptors (Lipinski definition) is 7. The van der Waals surface area contributed by atoms with Gasteiger partial charge in [-0.2, -0.15) is 0 Å². The van der Waals surface area contributed by atoms with E-state index in [9.17, 15) is 14.4 Å². The van der Waals surface area contributed by atoms with Gasteiger partial charge >= 0.3 is 11.9 Å². The largest absolute Gasteiger partial charge is 0.492 e. The predicted molar refractivity (Wildman–Crippen MR) is 150 cm³/mol. The molecule has 12 heteroatoms. The van der Waals surface area contributed by atoms with Gasteiger partial charge in [-0.1, -0.05) is 55.1 Å². The first-order chi connectivity index (χ1) is 17.4. The third-order valence-electron chi connectivity index (χ3n) is 4.21. The van der Waals surface area contributed by atoms with Crippen LogP contribution < -0.4 is 9.47 Å². The van der Waals surface area contributed by atoms with E-state index in [1.807, 2.05) is 6.92 Å². The molecule has 2 aromatic carbocycles. The highest BCUT2D eigenvalue weighted by molar-refractivity contribution is 9.10. The normalized spacial score (nSPS) is 10.7. The number of carbonyl (C=O) groups is 3. The van der Waals surface area contributed by atoms with Gasteiger partial charge in [0.25, 0.3) is 0 Å². The highest BCUT2D eigenvalue weighted by atomic mass is 79.9. The number of benzene rings is 2. The molecule has 37 heavy (non-hydrogen) atoms. The Bertz CT molecular complexity index is 1170. The van der Waals surface area contributed by atoms with E-state index in [4.69, 9.17) is 42.5 Å². The lowest BCUT2D eigenvalue weighted by atomic mass is 10.0. The van der Waals surface area contributed by atoms with Crippen LogP contribution in [0.5, 0.6) is 11.5 Å². The van der Waals surface area contributed by atoms with Crippen LogP contribution >= 0.6 is 55.1 Å². The molecule has 0 fully saturated rings. The Labute approximate surface area is 242 Å². The van der Waals surface area contributed by atoms with Crippen molar-refractivity contribution in [1.82, 2.24) is 4.90 Å². The van der Waals surface area contributed by atoms with E-state index < -0.39 is 17.7 Å². The monoisotopic (exact) mass is 681 g/mol. The van der Waals surface area contributed by atoms with Crippen LogP contribution in [0.4, 0.5) is 0 Å². The van der Waals surface area contributed by atoms with Crippen molar-refractivity contribution in [3.8, 4) is 11.5 Å². The molecule has 0 aliphatic rings. The van der Waals surface area contributed by atoms with E-state index in [1.165, 1.54) is 12.3 Å². The molecule has 2 aromatic rings. The Kier molecular flexibility index (Phi) is 14.0. The van der Waals surface area contributed by atoms with Crippen molar-refractivity contribution in [2.24, 2.45) is 0 Å². The summed E-state index contributed by atoms with van der Waals surface area (Å²) in [5.41, 5.74) is 0.106. The van der Waals surface area contributed by atoms with Crippen molar-refractivity contribution < 1.29 is 33.7 Å². The molecule has 0 saturated carbocycles. The van der Waals surface area contributed by atoms with Gasteiger partial charge in [0.2, 0.25) is 5.78 Å². The zero-order valence-corrected chi connectivity index (χ0v) is 25.5. The third-order valence-corrected chi connectivity index (χ3v) is 5.91. The predicted octanol–water partition coefficient (Wildman–Crippen LogP) is 6.89. The molecule has 0 radical (unpaired) electrons. The van der Waals surface area contributed by atoms with Gasteiger partial charge in [0.1, 0.15) is 17.1 Å². The SMILES string of the molecule is CCOC(=O)/C(=C\N(C)C)C(=O)c1cc(Br)cc(OCC)c1Cl.CCOc1cc(Br)cc(C(=O)O)c1Cl. The maximum Gasteiger partial charge on any atom is 0.343 e. The van der Waals surface area contributed by atoms with Gasteiger partial charge < -0.3 is 24.2 Å². The number of Topliss-reactive ketones (excluding diaryl/α,β-unsaturated/α-hetero) is 1. The van der Waals surface area contributed by atoms with E-state index in [2.05, 4.69) is 31.9 Å². The summed E-state index contributed by atoms with van der Waals surface area (Å²) in [6.07, 6.45) is 1.41. The van der Waals surface area contributed by atoms with Crippen molar-refractivity contribution in [2.75, 3.05) is 33.9 Å². The number of aromatic carboxylic acids is 1. The Balaban J connectivity index is 0.000000417. The highest BCUT2D eigenvalue weighted by Gasteiger charge is 2.25. The molecule has 0 aromatic heterocycles. The molecule has 0 atom stereocenters. The molecular weight excluding hydrogens is 657 g/mol. The van der Waals surface area contributed by atoms with Crippen molar-refractivity contribution in [3.05, 3.63) is 66.2 Å². The summed E-state index contributed by atoms with van der Waals surface area (Å²) < 4.78 is 16.8. The molecule has 0 aliphatic carbocycles. The number of carboxylic acid groups (broad SMARTS) is 1. The van der Waals surface area contributed by atoms with Gasteiger partial charge in [-0.3, -0.25) is 4.79 Å². The number of ketones is 1. The van der Waals surface area contributed by atoms with Gasteiger partial charge in [-0.15, -0.1) is 0 Å². The Morgan fingerprint density at radius 1 is 0.865 bits per heavy atom. The van der Waals surface area contributed by atoms with E-state index in [-0.39, 0.29) is 33.4 Å². The fraction of sp³-hybridized carbons (Fsp3) is 0.320. The van der Waals surface area contributed by atoms with Gasteiger partial charge in [0.15, 0.2) is 0 Å². The fourth-order valence-electron chi connectivity index (χ4n) is 2.79.